The van der Waals surface area contributed by atoms with Gasteiger partial charge in [-0.3, -0.25) is 9.79 Å². The number of carbonyl (C=O) groups is 1. The van der Waals surface area contributed by atoms with Gasteiger partial charge in [-0.2, -0.15) is 0 Å². The highest BCUT2D eigenvalue weighted by Crippen LogP contribution is 1.94. The van der Waals surface area contributed by atoms with Crippen molar-refractivity contribution >= 4 is 22.9 Å². The fourth-order valence-electron chi connectivity index (χ4n) is 0.583. The van der Waals surface area contributed by atoms with Gasteiger partial charge in [0.25, 0.3) is 0 Å². The molecule has 0 rings (SSSR count). The van der Waals surface area contributed by atoms with Crippen LogP contribution in [0.5, 0.6) is 0 Å². The van der Waals surface area contributed by atoms with Crippen LogP contribution in [-0.4, -0.2) is 17.5 Å². The van der Waals surface area contributed by atoms with E-state index in [2.05, 4.69) is 16.6 Å². The summed E-state index contributed by atoms with van der Waals surface area (Å²) in [6.07, 6.45) is 2.25. The standard InChI is InChI=1S/C8H16N2OS/c1-4-5-6-9-7(2)10-12-8(3)11/h4-6H2,1-3H3,(H,9,10). The van der Waals surface area contributed by atoms with Gasteiger partial charge in [0, 0.05) is 25.4 Å². The number of hydrogen-bond acceptors (Lipinski definition) is 3. The smallest absolute Gasteiger partial charge is 0.206 e. The van der Waals surface area contributed by atoms with Crippen molar-refractivity contribution in [2.45, 2.75) is 33.6 Å². The molecule has 12 heavy (non-hydrogen) atoms. The van der Waals surface area contributed by atoms with E-state index in [1.807, 2.05) is 6.92 Å². The lowest BCUT2D eigenvalue weighted by Gasteiger charge is -2.00. The van der Waals surface area contributed by atoms with Crippen molar-refractivity contribution in [2.24, 2.45) is 4.99 Å². The van der Waals surface area contributed by atoms with Crippen LogP contribution in [0.4, 0.5) is 0 Å². The van der Waals surface area contributed by atoms with E-state index in [4.69, 9.17) is 0 Å². The molecule has 0 unspecified atom stereocenters. The number of hydrogen-bond donors (Lipinski definition) is 1. The number of carbonyl (C=O) groups excluding carboxylic acids is 1. The van der Waals surface area contributed by atoms with E-state index >= 15 is 0 Å². The molecule has 0 radical (unpaired) electrons. The zero-order valence-electron chi connectivity index (χ0n) is 7.89. The van der Waals surface area contributed by atoms with Gasteiger partial charge >= 0.3 is 0 Å². The second-order valence-electron chi connectivity index (χ2n) is 2.52. The molecule has 0 heterocycles. The van der Waals surface area contributed by atoms with Crippen molar-refractivity contribution in [3.63, 3.8) is 0 Å². The fraction of sp³-hybridized carbons (Fsp3) is 0.750. The topological polar surface area (TPSA) is 41.5 Å². The Kier molecular flexibility index (Phi) is 6.85. The Morgan fingerprint density at radius 3 is 2.67 bits per heavy atom. The molecule has 0 amide bonds. The first kappa shape index (κ1) is 11.5. The van der Waals surface area contributed by atoms with Crippen LogP contribution < -0.4 is 4.72 Å². The molecule has 0 saturated carbocycles. The zero-order valence-corrected chi connectivity index (χ0v) is 8.70. The second-order valence-corrected chi connectivity index (χ2v) is 3.50. The molecule has 0 aliphatic carbocycles. The number of amidine groups is 1. The van der Waals surface area contributed by atoms with Gasteiger partial charge < -0.3 is 4.72 Å². The largest absolute Gasteiger partial charge is 0.312 e. The lowest BCUT2D eigenvalue weighted by atomic mass is 10.3. The fourth-order valence-corrected chi connectivity index (χ4v) is 0.939. The summed E-state index contributed by atoms with van der Waals surface area (Å²) in [6, 6.07) is 0. The first-order chi connectivity index (χ1) is 5.66. The van der Waals surface area contributed by atoms with Crippen LogP contribution >= 0.6 is 11.9 Å². The van der Waals surface area contributed by atoms with Crippen molar-refractivity contribution in [1.29, 1.82) is 0 Å². The monoisotopic (exact) mass is 188 g/mol. The van der Waals surface area contributed by atoms with Gasteiger partial charge in [0.2, 0.25) is 5.12 Å². The molecule has 0 aromatic carbocycles. The first-order valence-electron chi connectivity index (χ1n) is 4.11. The molecule has 0 aliphatic rings. The molecule has 0 aromatic heterocycles. The number of rotatable bonds is 3. The normalized spacial score (nSPS) is 11.4. The Bertz CT molecular complexity index is 168. The van der Waals surface area contributed by atoms with Gasteiger partial charge in [0.05, 0.1) is 0 Å². The summed E-state index contributed by atoms with van der Waals surface area (Å²) in [5, 5.41) is 0.0556. The van der Waals surface area contributed by atoms with Crippen molar-refractivity contribution in [2.75, 3.05) is 6.54 Å². The summed E-state index contributed by atoms with van der Waals surface area (Å²) in [6.45, 7) is 6.36. The first-order valence-corrected chi connectivity index (χ1v) is 4.93. The van der Waals surface area contributed by atoms with Crippen molar-refractivity contribution in [3.8, 4) is 0 Å². The molecular weight excluding hydrogens is 172 g/mol. The Morgan fingerprint density at radius 2 is 2.17 bits per heavy atom. The van der Waals surface area contributed by atoms with Gasteiger partial charge in [0.1, 0.15) is 5.84 Å². The summed E-state index contributed by atoms with van der Waals surface area (Å²) in [5.41, 5.74) is 0. The lowest BCUT2D eigenvalue weighted by molar-refractivity contribution is -0.109. The minimum absolute atomic E-state index is 0.0556. The summed E-state index contributed by atoms with van der Waals surface area (Å²) in [4.78, 5) is 14.7. The van der Waals surface area contributed by atoms with Crippen molar-refractivity contribution in [3.05, 3.63) is 0 Å². The van der Waals surface area contributed by atoms with Gasteiger partial charge in [-0.05, 0) is 13.3 Å². The van der Waals surface area contributed by atoms with Gasteiger partial charge in [-0.25, -0.2) is 0 Å². The highest BCUT2D eigenvalue weighted by Gasteiger charge is 1.93. The highest BCUT2D eigenvalue weighted by molar-refractivity contribution is 8.12. The van der Waals surface area contributed by atoms with Crippen molar-refractivity contribution in [1.82, 2.24) is 4.72 Å². The summed E-state index contributed by atoms with van der Waals surface area (Å²) in [5.74, 6) is 0.823. The zero-order chi connectivity index (χ0) is 9.40. The number of unbranched alkanes of at least 4 members (excludes halogenated alkanes) is 1. The van der Waals surface area contributed by atoms with E-state index in [-0.39, 0.29) is 5.12 Å². The van der Waals surface area contributed by atoms with Crippen LogP contribution in [-0.2, 0) is 4.79 Å². The second kappa shape index (κ2) is 7.16. The third-order valence-electron chi connectivity index (χ3n) is 1.20. The molecule has 0 aliphatic heterocycles. The molecule has 3 nitrogen and oxygen atoms in total. The summed E-state index contributed by atoms with van der Waals surface area (Å²) in [7, 11) is 0. The maximum atomic E-state index is 10.5. The Hall–Kier alpha value is -0.510. The number of aliphatic imine (C=N–C) groups is 1. The predicted octanol–water partition coefficient (Wildman–Crippen LogP) is 1.99. The number of nitrogens with zero attached hydrogens (tertiary/aromatic N) is 1. The van der Waals surface area contributed by atoms with E-state index in [1.165, 1.54) is 6.92 Å². The SMILES string of the molecule is CCCCN=C(C)NSC(C)=O. The number of nitrogens with one attached hydrogen (secondary N) is 1. The van der Waals surface area contributed by atoms with E-state index in [9.17, 15) is 4.79 Å². The van der Waals surface area contributed by atoms with E-state index in [0.29, 0.717) is 0 Å². The van der Waals surface area contributed by atoms with E-state index < -0.39 is 0 Å². The molecule has 70 valence electrons. The van der Waals surface area contributed by atoms with Gasteiger partial charge in [0.15, 0.2) is 0 Å². The van der Waals surface area contributed by atoms with Crippen LogP contribution in [0.15, 0.2) is 4.99 Å². The average molecular weight is 188 g/mol. The quantitative estimate of drug-likeness (QED) is 0.319. The maximum Gasteiger partial charge on any atom is 0.206 e. The molecule has 0 aromatic rings. The van der Waals surface area contributed by atoms with E-state index in [1.54, 1.807) is 0 Å². The summed E-state index contributed by atoms with van der Waals surface area (Å²) < 4.78 is 2.86. The highest BCUT2D eigenvalue weighted by atomic mass is 32.2. The molecule has 4 heteroatoms. The maximum absolute atomic E-state index is 10.5. The van der Waals surface area contributed by atoms with Crippen LogP contribution in [0.3, 0.4) is 0 Å². The Balaban J connectivity index is 3.48. The Morgan fingerprint density at radius 1 is 1.50 bits per heavy atom. The van der Waals surface area contributed by atoms with Gasteiger partial charge in [-0.15, -0.1) is 0 Å². The molecule has 0 fully saturated rings. The lowest BCUT2D eigenvalue weighted by Crippen LogP contribution is -2.13. The third-order valence-corrected chi connectivity index (χ3v) is 1.89. The molecule has 1 N–H and O–H groups in total. The third kappa shape index (κ3) is 7.60. The Labute approximate surface area is 78.2 Å². The molecule has 0 spiro atoms. The summed E-state index contributed by atoms with van der Waals surface area (Å²) >= 11 is 1.08. The molecule has 0 saturated heterocycles. The average Bonchev–Trinajstić information content (AvgIpc) is 2.01. The predicted molar refractivity (Wildman–Crippen MR) is 54.3 cm³/mol. The van der Waals surface area contributed by atoms with E-state index in [0.717, 1.165) is 37.2 Å². The van der Waals surface area contributed by atoms with Crippen LogP contribution in [0.25, 0.3) is 0 Å². The van der Waals surface area contributed by atoms with Crippen LogP contribution in [0, 0.1) is 0 Å². The van der Waals surface area contributed by atoms with Crippen LogP contribution in [0.1, 0.15) is 33.6 Å². The van der Waals surface area contributed by atoms with Crippen molar-refractivity contribution < 1.29 is 4.79 Å². The minimum Gasteiger partial charge on any atom is -0.312 e. The van der Waals surface area contributed by atoms with Gasteiger partial charge in [-0.1, -0.05) is 13.3 Å². The molecule has 0 bridgehead atoms. The van der Waals surface area contributed by atoms with Crippen LogP contribution in [0.2, 0.25) is 0 Å². The molecule has 0 atom stereocenters. The molecular formula is C8H16N2OS. The minimum atomic E-state index is 0.0556.